The number of hydrogen-bond acceptors (Lipinski definition) is 4. The van der Waals surface area contributed by atoms with Crippen molar-refractivity contribution in [2.24, 2.45) is 0 Å². The van der Waals surface area contributed by atoms with Crippen molar-refractivity contribution in [1.29, 1.82) is 0 Å². The Balaban J connectivity index is 0.00000225. The first kappa shape index (κ1) is 19.2. The van der Waals surface area contributed by atoms with E-state index in [-0.39, 0.29) is 24.4 Å². The molecule has 0 aromatic heterocycles. The quantitative estimate of drug-likeness (QED) is 0.827. The molecule has 25 heavy (non-hydrogen) atoms. The molecule has 1 amide bonds. The van der Waals surface area contributed by atoms with E-state index in [9.17, 15) is 4.79 Å². The van der Waals surface area contributed by atoms with Gasteiger partial charge in [0.05, 0.1) is 13.2 Å². The van der Waals surface area contributed by atoms with E-state index < -0.39 is 0 Å². The van der Waals surface area contributed by atoms with Crippen LogP contribution in [0.5, 0.6) is 5.75 Å². The zero-order valence-electron chi connectivity index (χ0n) is 13.9. The Kier molecular flexibility index (Phi) is 7.73. The van der Waals surface area contributed by atoms with Gasteiger partial charge in [-0.05, 0) is 11.6 Å². The van der Waals surface area contributed by atoms with Crippen LogP contribution in [0.15, 0.2) is 54.6 Å². The van der Waals surface area contributed by atoms with E-state index in [0.717, 1.165) is 16.9 Å². The molecule has 5 nitrogen and oxygen atoms in total. The molecule has 0 bridgehead atoms. The van der Waals surface area contributed by atoms with Crippen LogP contribution in [0.4, 0.5) is 0 Å². The molecule has 2 aromatic rings. The minimum Gasteiger partial charge on any atom is -0.489 e. The van der Waals surface area contributed by atoms with E-state index in [1.165, 1.54) is 0 Å². The summed E-state index contributed by atoms with van der Waals surface area (Å²) in [7, 11) is 0. The van der Waals surface area contributed by atoms with Crippen molar-refractivity contribution in [3.05, 3.63) is 65.7 Å². The standard InChI is InChI=1S/C19H22N2O3.ClH/c22-19(17-14-23-11-10-20-17)21-12-16-8-4-5-9-18(16)24-13-15-6-2-1-3-7-15;/h1-9,17,20H,10-14H2,(H,21,22);1H. The Morgan fingerprint density at radius 2 is 1.92 bits per heavy atom. The topological polar surface area (TPSA) is 59.6 Å². The van der Waals surface area contributed by atoms with Crippen molar-refractivity contribution in [2.45, 2.75) is 19.2 Å². The third kappa shape index (κ3) is 5.74. The van der Waals surface area contributed by atoms with Gasteiger partial charge in [-0.15, -0.1) is 12.4 Å². The van der Waals surface area contributed by atoms with Gasteiger partial charge in [0.25, 0.3) is 0 Å². The maximum Gasteiger partial charge on any atom is 0.239 e. The van der Waals surface area contributed by atoms with Crippen LogP contribution >= 0.6 is 12.4 Å². The van der Waals surface area contributed by atoms with Crippen molar-refractivity contribution in [1.82, 2.24) is 10.6 Å². The van der Waals surface area contributed by atoms with Crippen LogP contribution in [0, 0.1) is 0 Å². The van der Waals surface area contributed by atoms with E-state index in [0.29, 0.717) is 32.9 Å². The van der Waals surface area contributed by atoms with Crippen LogP contribution in [-0.2, 0) is 22.7 Å². The van der Waals surface area contributed by atoms with Gasteiger partial charge in [0.2, 0.25) is 5.91 Å². The Morgan fingerprint density at radius 1 is 1.16 bits per heavy atom. The number of morpholine rings is 1. The normalized spacial score (nSPS) is 16.6. The van der Waals surface area contributed by atoms with Crippen LogP contribution in [0.3, 0.4) is 0 Å². The molecule has 2 N–H and O–H groups in total. The zero-order valence-corrected chi connectivity index (χ0v) is 14.8. The molecular weight excluding hydrogens is 340 g/mol. The molecule has 1 saturated heterocycles. The highest BCUT2D eigenvalue weighted by molar-refractivity contribution is 5.85. The van der Waals surface area contributed by atoms with Crippen LogP contribution in [0.1, 0.15) is 11.1 Å². The summed E-state index contributed by atoms with van der Waals surface area (Å²) in [6, 6.07) is 17.5. The van der Waals surface area contributed by atoms with Crippen molar-refractivity contribution in [3.63, 3.8) is 0 Å². The molecule has 0 radical (unpaired) electrons. The molecule has 134 valence electrons. The lowest BCUT2D eigenvalue weighted by molar-refractivity contribution is -0.126. The van der Waals surface area contributed by atoms with Crippen molar-refractivity contribution < 1.29 is 14.3 Å². The minimum absolute atomic E-state index is 0. The molecule has 1 aliphatic rings. The van der Waals surface area contributed by atoms with E-state index >= 15 is 0 Å². The van der Waals surface area contributed by atoms with Crippen molar-refractivity contribution in [2.75, 3.05) is 19.8 Å². The van der Waals surface area contributed by atoms with Crippen LogP contribution in [0.2, 0.25) is 0 Å². The highest BCUT2D eigenvalue weighted by Crippen LogP contribution is 2.19. The average Bonchev–Trinajstić information content (AvgIpc) is 2.66. The average molecular weight is 363 g/mol. The van der Waals surface area contributed by atoms with Gasteiger partial charge in [-0.2, -0.15) is 0 Å². The van der Waals surface area contributed by atoms with E-state index in [1.54, 1.807) is 0 Å². The lowest BCUT2D eigenvalue weighted by atomic mass is 10.2. The molecule has 1 unspecified atom stereocenters. The Bertz CT molecular complexity index is 661. The number of halogens is 1. The molecule has 6 heteroatoms. The molecular formula is C19H23ClN2O3. The van der Waals surface area contributed by atoms with Crippen LogP contribution in [0.25, 0.3) is 0 Å². The molecule has 1 heterocycles. The fourth-order valence-electron chi connectivity index (χ4n) is 2.57. The second-order valence-corrected chi connectivity index (χ2v) is 5.68. The summed E-state index contributed by atoms with van der Waals surface area (Å²) in [4.78, 5) is 12.2. The maximum absolute atomic E-state index is 12.2. The smallest absolute Gasteiger partial charge is 0.239 e. The molecule has 1 atom stereocenters. The summed E-state index contributed by atoms with van der Waals surface area (Å²) in [6.07, 6.45) is 0. The summed E-state index contributed by atoms with van der Waals surface area (Å²) in [5.74, 6) is 0.738. The summed E-state index contributed by atoms with van der Waals surface area (Å²) in [5, 5.41) is 6.09. The van der Waals surface area contributed by atoms with Gasteiger partial charge in [0.15, 0.2) is 0 Å². The molecule has 1 aliphatic heterocycles. The van der Waals surface area contributed by atoms with Crippen molar-refractivity contribution >= 4 is 18.3 Å². The number of ether oxygens (including phenoxy) is 2. The number of benzene rings is 2. The second kappa shape index (κ2) is 10.0. The van der Waals surface area contributed by atoms with Gasteiger partial charge in [-0.3, -0.25) is 4.79 Å². The number of nitrogens with one attached hydrogen (secondary N) is 2. The zero-order chi connectivity index (χ0) is 16.6. The van der Waals surface area contributed by atoms with Crippen LogP contribution in [-0.4, -0.2) is 31.7 Å². The molecule has 2 aromatic carbocycles. The Morgan fingerprint density at radius 3 is 2.68 bits per heavy atom. The minimum atomic E-state index is -0.281. The number of hydrogen-bond donors (Lipinski definition) is 2. The first-order valence-electron chi connectivity index (χ1n) is 8.16. The lowest BCUT2D eigenvalue weighted by Gasteiger charge is -2.23. The molecule has 1 fully saturated rings. The number of carbonyl (C=O) groups excluding carboxylic acids is 1. The highest BCUT2D eigenvalue weighted by Gasteiger charge is 2.20. The first-order chi connectivity index (χ1) is 11.8. The summed E-state index contributed by atoms with van der Waals surface area (Å²) < 4.78 is 11.2. The SMILES string of the molecule is Cl.O=C(NCc1ccccc1OCc1ccccc1)C1COCCN1. The number of rotatable bonds is 6. The number of para-hydroxylation sites is 1. The first-order valence-corrected chi connectivity index (χ1v) is 8.16. The Labute approximate surface area is 154 Å². The summed E-state index contributed by atoms with van der Waals surface area (Å²) >= 11 is 0. The number of amides is 1. The monoisotopic (exact) mass is 362 g/mol. The van der Waals surface area contributed by atoms with Crippen LogP contribution < -0.4 is 15.4 Å². The van der Waals surface area contributed by atoms with E-state index in [4.69, 9.17) is 9.47 Å². The van der Waals surface area contributed by atoms with Gasteiger partial charge in [-0.25, -0.2) is 0 Å². The van der Waals surface area contributed by atoms with Gasteiger partial charge < -0.3 is 20.1 Å². The van der Waals surface area contributed by atoms with Gasteiger partial charge in [-0.1, -0.05) is 48.5 Å². The van der Waals surface area contributed by atoms with Gasteiger partial charge >= 0.3 is 0 Å². The molecule has 0 saturated carbocycles. The third-order valence-corrected chi connectivity index (χ3v) is 3.90. The number of carbonyl (C=O) groups is 1. The molecule has 3 rings (SSSR count). The van der Waals surface area contributed by atoms with Crippen molar-refractivity contribution in [3.8, 4) is 5.75 Å². The molecule has 0 spiro atoms. The Hall–Kier alpha value is -2.08. The predicted molar refractivity (Wildman–Crippen MR) is 98.9 cm³/mol. The van der Waals surface area contributed by atoms with E-state index in [2.05, 4.69) is 10.6 Å². The largest absolute Gasteiger partial charge is 0.489 e. The fraction of sp³-hybridized carbons (Fsp3) is 0.316. The van der Waals surface area contributed by atoms with E-state index in [1.807, 2.05) is 54.6 Å². The lowest BCUT2D eigenvalue weighted by Crippen LogP contribution is -2.51. The van der Waals surface area contributed by atoms with Gasteiger partial charge in [0.1, 0.15) is 18.4 Å². The summed E-state index contributed by atoms with van der Waals surface area (Å²) in [5.41, 5.74) is 2.07. The van der Waals surface area contributed by atoms with Gasteiger partial charge in [0, 0.05) is 18.7 Å². The predicted octanol–water partition coefficient (Wildman–Crippen LogP) is 2.29. The molecule has 0 aliphatic carbocycles. The maximum atomic E-state index is 12.2. The highest BCUT2D eigenvalue weighted by atomic mass is 35.5. The third-order valence-electron chi connectivity index (χ3n) is 3.90. The fourth-order valence-corrected chi connectivity index (χ4v) is 2.57. The summed E-state index contributed by atoms with van der Waals surface area (Å²) in [6.45, 7) is 2.71. The second-order valence-electron chi connectivity index (χ2n) is 5.68.